The third-order valence-corrected chi connectivity index (χ3v) is 8.13. The number of aromatic nitrogens is 2. The Morgan fingerprint density at radius 1 is 1.16 bits per heavy atom. The van der Waals surface area contributed by atoms with Crippen LogP contribution in [0.4, 0.5) is 24.9 Å². The van der Waals surface area contributed by atoms with Crippen LogP contribution in [0.15, 0.2) is 10.9 Å². The van der Waals surface area contributed by atoms with Gasteiger partial charge >= 0.3 is 6.18 Å². The molecule has 3 atom stereocenters. The summed E-state index contributed by atoms with van der Waals surface area (Å²) in [5.41, 5.74) is -1.22. The molecule has 3 aliphatic heterocycles. The molecule has 4 fully saturated rings. The zero-order valence-electron chi connectivity index (χ0n) is 17.9. The molecular formula is C22H29F3N4O3. The Kier molecular flexibility index (Phi) is 4.60. The Morgan fingerprint density at radius 2 is 1.88 bits per heavy atom. The number of halogens is 3. The van der Waals surface area contributed by atoms with Gasteiger partial charge in [0.05, 0.1) is 24.4 Å². The van der Waals surface area contributed by atoms with Crippen molar-refractivity contribution in [1.82, 2.24) is 9.55 Å². The van der Waals surface area contributed by atoms with Crippen LogP contribution >= 0.6 is 0 Å². The van der Waals surface area contributed by atoms with Gasteiger partial charge in [0.15, 0.2) is 0 Å². The molecule has 0 spiro atoms. The van der Waals surface area contributed by atoms with Crippen molar-refractivity contribution in [3.63, 3.8) is 0 Å². The molecule has 0 aromatic carbocycles. The summed E-state index contributed by atoms with van der Waals surface area (Å²) in [6.07, 6.45) is 0.346. The molecule has 2 saturated carbocycles. The van der Waals surface area contributed by atoms with Gasteiger partial charge in [0.1, 0.15) is 11.9 Å². The second-order valence-electron chi connectivity index (χ2n) is 10.2. The minimum Gasteiger partial charge on any atom is -0.389 e. The Balaban J connectivity index is 1.34. The van der Waals surface area contributed by atoms with E-state index in [1.807, 2.05) is 4.90 Å². The van der Waals surface area contributed by atoms with Crippen molar-refractivity contribution in [3.8, 4) is 0 Å². The lowest BCUT2D eigenvalue weighted by Gasteiger charge is -2.41. The molecule has 2 bridgehead atoms. The van der Waals surface area contributed by atoms with E-state index in [0.29, 0.717) is 19.0 Å². The van der Waals surface area contributed by atoms with Crippen LogP contribution in [0.1, 0.15) is 44.9 Å². The summed E-state index contributed by atoms with van der Waals surface area (Å²) >= 11 is 0. The molecule has 6 rings (SSSR count). The van der Waals surface area contributed by atoms with E-state index >= 15 is 0 Å². The Hall–Kier alpha value is -1.81. The monoisotopic (exact) mass is 454 g/mol. The molecule has 1 aromatic heterocycles. The van der Waals surface area contributed by atoms with E-state index in [-0.39, 0.29) is 61.4 Å². The highest BCUT2D eigenvalue weighted by molar-refractivity contribution is 5.49. The zero-order valence-corrected chi connectivity index (χ0v) is 17.9. The van der Waals surface area contributed by atoms with Crippen molar-refractivity contribution in [2.24, 2.45) is 11.8 Å². The van der Waals surface area contributed by atoms with Crippen LogP contribution < -0.4 is 15.4 Å². The van der Waals surface area contributed by atoms with Crippen LogP contribution in [0, 0.1) is 11.8 Å². The Labute approximate surface area is 184 Å². The number of ether oxygens (including phenoxy) is 1. The molecule has 1 aromatic rings. The molecule has 5 aliphatic rings. The van der Waals surface area contributed by atoms with Crippen molar-refractivity contribution in [2.75, 3.05) is 29.5 Å². The van der Waals surface area contributed by atoms with Gasteiger partial charge in [0, 0.05) is 25.7 Å². The van der Waals surface area contributed by atoms with E-state index in [1.54, 1.807) is 0 Å². The van der Waals surface area contributed by atoms with Crippen molar-refractivity contribution >= 4 is 11.8 Å². The lowest BCUT2D eigenvalue weighted by atomic mass is 9.87. The number of hydrogen-bond donors (Lipinski definition) is 1. The third kappa shape index (κ3) is 3.41. The smallest absolute Gasteiger partial charge is 0.389 e. The van der Waals surface area contributed by atoms with Crippen LogP contribution in [-0.4, -0.2) is 64.3 Å². The van der Waals surface area contributed by atoms with E-state index in [2.05, 4.69) is 4.98 Å². The molecule has 0 amide bonds. The molecule has 7 nitrogen and oxygen atoms in total. The first-order valence-corrected chi connectivity index (χ1v) is 11.8. The fourth-order valence-corrected chi connectivity index (χ4v) is 6.09. The van der Waals surface area contributed by atoms with E-state index in [0.717, 1.165) is 32.1 Å². The van der Waals surface area contributed by atoms with Gasteiger partial charge in [0.25, 0.3) is 5.56 Å². The summed E-state index contributed by atoms with van der Waals surface area (Å²) in [6, 6.07) is -0.146. The third-order valence-electron chi connectivity index (χ3n) is 8.13. The number of alkyl halides is 3. The SMILES string of the molecule is O=c1cc(N2C[C@@H]3C[C@H]2CO3)nc2n1CC[C@@H](C(F)(F)F)N2CCC(O)(C1CC1)C1CC1. The summed E-state index contributed by atoms with van der Waals surface area (Å²) in [4.78, 5) is 20.8. The fraction of sp³-hybridized carbons (Fsp3) is 0.818. The Morgan fingerprint density at radius 3 is 2.44 bits per heavy atom. The van der Waals surface area contributed by atoms with Crippen LogP contribution in [-0.2, 0) is 11.3 Å². The van der Waals surface area contributed by atoms with Crippen molar-refractivity contribution in [3.05, 3.63) is 16.4 Å². The number of anilines is 2. The average Bonchev–Trinajstić information content (AvgIpc) is 3.69. The highest BCUT2D eigenvalue weighted by atomic mass is 19.4. The maximum Gasteiger partial charge on any atom is 0.408 e. The van der Waals surface area contributed by atoms with Crippen molar-refractivity contribution < 1.29 is 23.0 Å². The quantitative estimate of drug-likeness (QED) is 0.712. The number of fused-ring (bicyclic) bond motifs is 3. The number of rotatable bonds is 6. The summed E-state index contributed by atoms with van der Waals surface area (Å²) in [6.45, 7) is 1.19. The second-order valence-corrected chi connectivity index (χ2v) is 10.2. The maximum absolute atomic E-state index is 14.0. The second kappa shape index (κ2) is 7.09. The summed E-state index contributed by atoms with van der Waals surface area (Å²) in [5.74, 6) is 0.889. The van der Waals surface area contributed by atoms with E-state index in [4.69, 9.17) is 4.74 Å². The molecule has 2 saturated heterocycles. The first-order chi connectivity index (χ1) is 15.2. The minimum atomic E-state index is -4.43. The molecule has 1 N–H and O–H groups in total. The normalized spacial score (nSPS) is 30.2. The van der Waals surface area contributed by atoms with Gasteiger partial charge in [-0.05, 0) is 56.8 Å². The van der Waals surface area contributed by atoms with E-state index in [1.165, 1.54) is 15.5 Å². The molecule has 0 radical (unpaired) electrons. The molecule has 10 heteroatoms. The highest BCUT2D eigenvalue weighted by Gasteiger charge is 2.54. The lowest BCUT2D eigenvalue weighted by molar-refractivity contribution is -0.153. The number of aliphatic hydroxyl groups is 1. The van der Waals surface area contributed by atoms with E-state index < -0.39 is 17.8 Å². The standard InChI is InChI=1S/C22H29F3N4O3/c23-22(24,25)17-5-7-28-19(30)10-18(29-11-16-9-15(29)12-32-16)26-20(28)27(17)8-6-21(31,13-1-2-13)14-3-4-14/h10,13-17,31H,1-9,11-12H2/t15-,16-,17-/m0/s1. The van der Waals surface area contributed by atoms with Gasteiger partial charge in [-0.3, -0.25) is 9.36 Å². The van der Waals surface area contributed by atoms with Crippen LogP contribution in [0.5, 0.6) is 0 Å². The first-order valence-electron chi connectivity index (χ1n) is 11.8. The molecular weight excluding hydrogens is 425 g/mol. The molecule has 2 aliphatic carbocycles. The van der Waals surface area contributed by atoms with Crippen molar-refractivity contribution in [1.29, 1.82) is 0 Å². The molecule has 32 heavy (non-hydrogen) atoms. The van der Waals surface area contributed by atoms with Gasteiger partial charge in [-0.25, -0.2) is 0 Å². The molecule has 176 valence electrons. The van der Waals surface area contributed by atoms with Gasteiger partial charge in [-0.2, -0.15) is 18.2 Å². The zero-order chi connectivity index (χ0) is 22.3. The Bertz CT molecular complexity index is 947. The summed E-state index contributed by atoms with van der Waals surface area (Å²) < 4.78 is 49.1. The highest BCUT2D eigenvalue weighted by Crippen LogP contribution is 2.54. The van der Waals surface area contributed by atoms with Gasteiger partial charge in [-0.15, -0.1) is 0 Å². The summed E-state index contributed by atoms with van der Waals surface area (Å²) in [5, 5.41) is 11.3. The molecule has 0 unspecified atom stereocenters. The van der Waals surface area contributed by atoms with Gasteiger partial charge in [0.2, 0.25) is 5.95 Å². The fourth-order valence-electron chi connectivity index (χ4n) is 6.09. The van der Waals surface area contributed by atoms with Crippen LogP contribution in [0.3, 0.4) is 0 Å². The average molecular weight is 454 g/mol. The van der Waals surface area contributed by atoms with Gasteiger partial charge < -0.3 is 19.6 Å². The number of morpholine rings is 1. The van der Waals surface area contributed by atoms with Gasteiger partial charge in [-0.1, -0.05) is 0 Å². The van der Waals surface area contributed by atoms with Crippen molar-refractivity contribution in [2.45, 2.75) is 81.5 Å². The topological polar surface area (TPSA) is 70.8 Å². The van der Waals surface area contributed by atoms with Crippen LogP contribution in [0.25, 0.3) is 0 Å². The lowest BCUT2D eigenvalue weighted by Crippen LogP contribution is -2.54. The van der Waals surface area contributed by atoms with Crippen LogP contribution in [0.2, 0.25) is 0 Å². The minimum absolute atomic E-state index is 0.00714. The van der Waals surface area contributed by atoms with E-state index in [9.17, 15) is 23.1 Å². The maximum atomic E-state index is 14.0. The largest absolute Gasteiger partial charge is 0.408 e. The molecule has 4 heterocycles. The predicted molar refractivity (Wildman–Crippen MR) is 111 cm³/mol. The predicted octanol–water partition coefficient (Wildman–Crippen LogP) is 2.30. The number of hydrogen-bond acceptors (Lipinski definition) is 6. The first kappa shape index (κ1) is 20.8. The number of nitrogens with zero attached hydrogens (tertiary/aromatic N) is 4. The summed E-state index contributed by atoms with van der Waals surface area (Å²) in [7, 11) is 0.